The van der Waals surface area contributed by atoms with Crippen LogP contribution in [0.3, 0.4) is 0 Å². The Kier molecular flexibility index (Phi) is 6.97. The highest BCUT2D eigenvalue weighted by atomic mass is 32.2. The number of amides is 1. The maximum atomic E-state index is 12.5. The minimum atomic E-state index is -3.74. The highest BCUT2D eigenvalue weighted by molar-refractivity contribution is 7.89. The van der Waals surface area contributed by atoms with E-state index in [1.54, 1.807) is 6.07 Å². The first-order valence-corrected chi connectivity index (χ1v) is 11.3. The summed E-state index contributed by atoms with van der Waals surface area (Å²) in [5.74, 6) is 6.43. The fourth-order valence-electron chi connectivity index (χ4n) is 3.47. The molecule has 0 bridgehead atoms. The van der Waals surface area contributed by atoms with Crippen LogP contribution in [0.15, 0.2) is 23.2 Å². The van der Waals surface area contributed by atoms with Crippen LogP contribution >= 0.6 is 0 Å². The minimum Gasteiger partial charge on any atom is -0.444 e. The van der Waals surface area contributed by atoms with E-state index in [0.29, 0.717) is 24.6 Å². The fraction of sp³-hybridized carbons (Fsp3) is 0.619. The third-order valence-electron chi connectivity index (χ3n) is 4.77. The van der Waals surface area contributed by atoms with Crippen molar-refractivity contribution in [3.05, 3.63) is 24.0 Å². The molecule has 1 aromatic heterocycles. The second-order valence-electron chi connectivity index (χ2n) is 9.09. The first kappa shape index (κ1) is 23.2. The van der Waals surface area contributed by atoms with Crippen LogP contribution in [0.4, 0.5) is 4.79 Å². The molecule has 2 N–H and O–H groups in total. The van der Waals surface area contributed by atoms with Crippen molar-refractivity contribution in [3.8, 4) is 11.8 Å². The molecule has 29 heavy (non-hydrogen) atoms. The highest BCUT2D eigenvalue weighted by Gasteiger charge is 2.42. The van der Waals surface area contributed by atoms with Gasteiger partial charge in [0.05, 0.1) is 0 Å². The summed E-state index contributed by atoms with van der Waals surface area (Å²) in [6.07, 6.45) is 4.52. The number of aromatic nitrogens is 1. The van der Waals surface area contributed by atoms with Crippen molar-refractivity contribution >= 4 is 16.1 Å². The van der Waals surface area contributed by atoms with Crippen LogP contribution < -0.4 is 5.14 Å². The van der Waals surface area contributed by atoms with Crippen molar-refractivity contribution in [2.24, 2.45) is 11.1 Å². The van der Waals surface area contributed by atoms with Gasteiger partial charge in [-0.3, -0.25) is 0 Å². The number of pyridine rings is 1. The van der Waals surface area contributed by atoms with Crippen molar-refractivity contribution in [3.63, 3.8) is 0 Å². The molecule has 160 valence electrons. The molecular weight excluding hydrogens is 390 g/mol. The summed E-state index contributed by atoms with van der Waals surface area (Å²) in [5.41, 5.74) is -0.203. The van der Waals surface area contributed by atoms with E-state index in [-0.39, 0.29) is 16.5 Å². The van der Waals surface area contributed by atoms with Crippen molar-refractivity contribution < 1.29 is 17.9 Å². The standard InChI is InChI=1S/C21H31N3O4S/c1-20(2,3)28-19(25)24-15-16(13-21(24,4)5)9-7-6-8-10-17-11-12-18(14-23-17)29(22,26)27/h11-12,14,16H,6-7,9,13,15H2,1-5H3,(H2,22,26,27). The van der Waals surface area contributed by atoms with Crippen molar-refractivity contribution in [1.82, 2.24) is 9.88 Å². The van der Waals surface area contributed by atoms with Crippen LogP contribution in [0.2, 0.25) is 0 Å². The molecule has 0 saturated carbocycles. The van der Waals surface area contributed by atoms with E-state index in [0.717, 1.165) is 19.3 Å². The Bertz CT molecular complexity index is 891. The number of primary sulfonamides is 1. The normalized spacial score (nSPS) is 18.8. The van der Waals surface area contributed by atoms with Gasteiger partial charge in [0.25, 0.3) is 0 Å². The number of rotatable bonds is 4. The van der Waals surface area contributed by atoms with Gasteiger partial charge in [-0.25, -0.2) is 23.3 Å². The second-order valence-corrected chi connectivity index (χ2v) is 10.7. The Morgan fingerprint density at radius 3 is 2.62 bits per heavy atom. The minimum absolute atomic E-state index is 0.0264. The van der Waals surface area contributed by atoms with Crippen LogP contribution in [-0.2, 0) is 14.8 Å². The third kappa shape index (κ3) is 7.02. The number of likely N-dealkylation sites (tertiary alicyclic amines) is 1. The number of nitrogens with two attached hydrogens (primary N) is 1. The number of hydrogen-bond acceptors (Lipinski definition) is 5. The Labute approximate surface area is 174 Å². The van der Waals surface area contributed by atoms with E-state index in [2.05, 4.69) is 30.7 Å². The molecule has 0 aliphatic carbocycles. The van der Waals surface area contributed by atoms with Crippen LogP contribution in [0.5, 0.6) is 0 Å². The lowest BCUT2D eigenvalue weighted by Gasteiger charge is -2.33. The average Bonchev–Trinajstić information content (AvgIpc) is 2.87. The zero-order valence-corrected chi connectivity index (χ0v) is 18.7. The predicted octanol–water partition coefficient (Wildman–Crippen LogP) is 3.29. The molecule has 1 saturated heterocycles. The molecule has 0 spiro atoms. The van der Waals surface area contributed by atoms with Gasteiger partial charge in [-0.05, 0) is 77.9 Å². The van der Waals surface area contributed by atoms with E-state index >= 15 is 0 Å². The molecule has 1 fully saturated rings. The lowest BCUT2D eigenvalue weighted by Crippen LogP contribution is -2.45. The van der Waals surface area contributed by atoms with Crippen LogP contribution in [-0.4, -0.2) is 42.1 Å². The summed E-state index contributed by atoms with van der Waals surface area (Å²) in [6.45, 7) is 10.5. The topological polar surface area (TPSA) is 103 Å². The van der Waals surface area contributed by atoms with E-state index in [1.165, 1.54) is 12.3 Å². The van der Waals surface area contributed by atoms with E-state index < -0.39 is 15.6 Å². The van der Waals surface area contributed by atoms with E-state index in [1.807, 2.05) is 25.7 Å². The lowest BCUT2D eigenvalue weighted by atomic mass is 9.93. The molecular formula is C21H31N3O4S. The number of ether oxygens (including phenoxy) is 1. The van der Waals surface area contributed by atoms with Gasteiger partial charge >= 0.3 is 6.09 Å². The summed E-state index contributed by atoms with van der Waals surface area (Å²) in [5, 5.41) is 5.05. The lowest BCUT2D eigenvalue weighted by molar-refractivity contribution is 0.0131. The number of sulfonamides is 1. The van der Waals surface area contributed by atoms with Crippen molar-refractivity contribution in [1.29, 1.82) is 0 Å². The van der Waals surface area contributed by atoms with Gasteiger partial charge in [-0.2, -0.15) is 0 Å². The molecule has 1 atom stereocenters. The molecule has 2 rings (SSSR count). The number of nitrogens with zero attached hydrogens (tertiary/aromatic N) is 2. The third-order valence-corrected chi connectivity index (χ3v) is 5.67. The van der Waals surface area contributed by atoms with Crippen LogP contribution in [0, 0.1) is 17.8 Å². The first-order valence-electron chi connectivity index (χ1n) is 9.76. The van der Waals surface area contributed by atoms with Crippen molar-refractivity contribution in [2.75, 3.05) is 6.54 Å². The predicted molar refractivity (Wildman–Crippen MR) is 111 cm³/mol. The average molecular weight is 422 g/mol. The molecule has 1 amide bonds. The van der Waals surface area contributed by atoms with Crippen LogP contribution in [0.1, 0.15) is 66.0 Å². The quantitative estimate of drug-likeness (QED) is 0.594. The highest BCUT2D eigenvalue weighted by Crippen LogP contribution is 2.36. The summed E-state index contributed by atoms with van der Waals surface area (Å²) < 4.78 is 28.0. The van der Waals surface area contributed by atoms with Gasteiger partial charge in [0, 0.05) is 24.7 Å². The van der Waals surface area contributed by atoms with E-state index in [4.69, 9.17) is 9.88 Å². The summed E-state index contributed by atoms with van der Waals surface area (Å²) in [6, 6.07) is 2.95. The summed E-state index contributed by atoms with van der Waals surface area (Å²) in [7, 11) is -3.74. The van der Waals surface area contributed by atoms with E-state index in [9.17, 15) is 13.2 Å². The Hall–Kier alpha value is -2.11. The summed E-state index contributed by atoms with van der Waals surface area (Å²) in [4.78, 5) is 18.3. The van der Waals surface area contributed by atoms with Crippen molar-refractivity contribution in [2.45, 2.75) is 76.3 Å². The molecule has 1 aliphatic heterocycles. The Morgan fingerprint density at radius 1 is 1.38 bits per heavy atom. The first-order chi connectivity index (χ1) is 13.3. The fourth-order valence-corrected chi connectivity index (χ4v) is 3.93. The van der Waals surface area contributed by atoms with Gasteiger partial charge in [-0.15, -0.1) is 0 Å². The zero-order valence-electron chi connectivity index (χ0n) is 17.9. The van der Waals surface area contributed by atoms with Crippen LogP contribution in [0.25, 0.3) is 0 Å². The molecule has 1 aromatic rings. The maximum Gasteiger partial charge on any atom is 0.410 e. The van der Waals surface area contributed by atoms with Gasteiger partial charge in [0.2, 0.25) is 10.0 Å². The molecule has 1 unspecified atom stereocenters. The molecule has 0 radical (unpaired) electrons. The molecule has 8 heteroatoms. The smallest absolute Gasteiger partial charge is 0.410 e. The Morgan fingerprint density at radius 2 is 2.07 bits per heavy atom. The summed E-state index contributed by atoms with van der Waals surface area (Å²) >= 11 is 0. The number of carbonyl (C=O) groups is 1. The molecule has 0 aromatic carbocycles. The van der Waals surface area contributed by atoms with Gasteiger partial charge in [-0.1, -0.05) is 5.92 Å². The van der Waals surface area contributed by atoms with Gasteiger partial charge < -0.3 is 9.64 Å². The van der Waals surface area contributed by atoms with Gasteiger partial charge in [0.15, 0.2) is 0 Å². The zero-order chi connectivity index (χ0) is 21.9. The SMILES string of the molecule is CC(C)(C)OC(=O)N1CC(CCCC#Cc2ccc(S(N)(=O)=O)cn2)CC1(C)C. The monoisotopic (exact) mass is 421 g/mol. The number of unbranched alkanes of at least 4 members (excludes halogenated alkanes) is 1. The van der Waals surface area contributed by atoms with Gasteiger partial charge in [0.1, 0.15) is 16.2 Å². The second kappa shape index (κ2) is 8.72. The Balaban J connectivity index is 1.83. The number of carbonyl (C=O) groups excluding carboxylic acids is 1. The largest absolute Gasteiger partial charge is 0.444 e. The molecule has 1 aliphatic rings. The molecule has 2 heterocycles. The maximum absolute atomic E-state index is 12.5. The molecule has 7 nitrogen and oxygen atoms in total. The number of hydrogen-bond donors (Lipinski definition) is 1.